The first kappa shape index (κ1) is 16.9. The van der Waals surface area contributed by atoms with Crippen LogP contribution in [0.3, 0.4) is 0 Å². The van der Waals surface area contributed by atoms with Crippen LogP contribution in [0.5, 0.6) is 0 Å². The van der Waals surface area contributed by atoms with E-state index < -0.39 is 4.92 Å². The fourth-order valence-electron chi connectivity index (χ4n) is 3.05. The first-order valence-electron chi connectivity index (χ1n) is 8.25. The molecular formula is C18H20N4O3. The Labute approximate surface area is 146 Å². The van der Waals surface area contributed by atoms with E-state index in [9.17, 15) is 14.9 Å². The molecule has 0 bridgehead atoms. The number of pyridine rings is 1. The molecule has 1 aliphatic rings. The van der Waals surface area contributed by atoms with E-state index in [1.807, 2.05) is 23.1 Å². The van der Waals surface area contributed by atoms with E-state index >= 15 is 0 Å². The highest BCUT2D eigenvalue weighted by Gasteiger charge is 2.24. The summed E-state index contributed by atoms with van der Waals surface area (Å²) in [5, 5.41) is 11.5. The number of amides is 1. The number of carbonyl (C=O) groups excluding carboxylic acids is 1. The molecule has 1 saturated heterocycles. The number of benzene rings is 1. The van der Waals surface area contributed by atoms with Crippen LogP contribution in [0.4, 0.5) is 11.4 Å². The van der Waals surface area contributed by atoms with Gasteiger partial charge < -0.3 is 9.80 Å². The topological polar surface area (TPSA) is 79.6 Å². The lowest BCUT2D eigenvalue weighted by Crippen LogP contribution is -2.27. The van der Waals surface area contributed by atoms with Crippen molar-refractivity contribution in [1.82, 2.24) is 9.88 Å². The average Bonchev–Trinajstić information content (AvgIpc) is 3.16. The molecule has 7 heteroatoms. The van der Waals surface area contributed by atoms with Crippen molar-refractivity contribution < 1.29 is 9.72 Å². The second kappa shape index (κ2) is 7.29. The maximum absolute atomic E-state index is 12.6. The number of carbonyl (C=O) groups is 1. The van der Waals surface area contributed by atoms with Crippen molar-refractivity contribution in [2.24, 2.45) is 0 Å². The van der Waals surface area contributed by atoms with Crippen LogP contribution >= 0.6 is 0 Å². The maximum Gasteiger partial charge on any atom is 0.293 e. The largest absolute Gasteiger partial charge is 0.366 e. The Morgan fingerprint density at radius 2 is 2.04 bits per heavy atom. The summed E-state index contributed by atoms with van der Waals surface area (Å²) in [6.07, 6.45) is 3.73. The predicted octanol–water partition coefficient (Wildman–Crippen LogP) is 2.86. The molecule has 0 radical (unpaired) electrons. The smallest absolute Gasteiger partial charge is 0.293 e. The molecule has 0 atom stereocenters. The van der Waals surface area contributed by atoms with Gasteiger partial charge in [-0.2, -0.15) is 0 Å². The summed E-state index contributed by atoms with van der Waals surface area (Å²) in [7, 11) is 1.66. The van der Waals surface area contributed by atoms with Gasteiger partial charge in [-0.05, 0) is 37.1 Å². The number of hydrogen-bond donors (Lipinski definition) is 0. The highest BCUT2D eigenvalue weighted by Crippen LogP contribution is 2.32. The monoisotopic (exact) mass is 340 g/mol. The molecule has 1 aromatic heterocycles. The van der Waals surface area contributed by atoms with Crippen molar-refractivity contribution in [2.45, 2.75) is 19.4 Å². The Balaban J connectivity index is 1.82. The van der Waals surface area contributed by atoms with Crippen molar-refractivity contribution in [3.8, 4) is 0 Å². The predicted molar refractivity (Wildman–Crippen MR) is 94.6 cm³/mol. The Morgan fingerprint density at radius 1 is 1.28 bits per heavy atom. The van der Waals surface area contributed by atoms with Gasteiger partial charge in [-0.3, -0.25) is 19.9 Å². The van der Waals surface area contributed by atoms with Crippen molar-refractivity contribution in [2.75, 3.05) is 25.0 Å². The van der Waals surface area contributed by atoms with E-state index in [0.29, 0.717) is 17.8 Å². The highest BCUT2D eigenvalue weighted by molar-refractivity contribution is 5.95. The van der Waals surface area contributed by atoms with E-state index in [2.05, 4.69) is 4.98 Å². The van der Waals surface area contributed by atoms with Crippen molar-refractivity contribution in [1.29, 1.82) is 0 Å². The first-order chi connectivity index (χ1) is 12.1. The van der Waals surface area contributed by atoms with Gasteiger partial charge in [0.15, 0.2) is 0 Å². The molecule has 0 aliphatic carbocycles. The standard InChI is InChI=1S/C18H20N4O3/c1-20(13-15-6-2-3-9-19-15)18(23)14-7-8-16(17(12-14)22(24)25)21-10-4-5-11-21/h2-3,6-9,12H,4-5,10-11,13H2,1H3. The molecule has 0 spiro atoms. The van der Waals surface area contributed by atoms with E-state index in [-0.39, 0.29) is 11.6 Å². The Bertz CT molecular complexity index is 773. The molecule has 1 fully saturated rings. The molecule has 130 valence electrons. The van der Waals surface area contributed by atoms with E-state index in [1.54, 1.807) is 25.4 Å². The quantitative estimate of drug-likeness (QED) is 0.618. The summed E-state index contributed by atoms with van der Waals surface area (Å²) in [5.41, 5.74) is 1.65. The van der Waals surface area contributed by atoms with Gasteiger partial charge in [0.25, 0.3) is 11.6 Å². The summed E-state index contributed by atoms with van der Waals surface area (Å²) in [5.74, 6) is -0.262. The van der Waals surface area contributed by atoms with Crippen molar-refractivity contribution >= 4 is 17.3 Å². The van der Waals surface area contributed by atoms with Crippen LogP contribution in [0.2, 0.25) is 0 Å². The summed E-state index contributed by atoms with van der Waals surface area (Å²) in [6, 6.07) is 10.2. The normalized spacial score (nSPS) is 13.7. The zero-order valence-corrected chi connectivity index (χ0v) is 14.1. The van der Waals surface area contributed by atoms with Crippen LogP contribution in [0, 0.1) is 10.1 Å². The molecule has 7 nitrogen and oxygen atoms in total. The van der Waals surface area contributed by atoms with Gasteiger partial charge in [-0.15, -0.1) is 0 Å². The van der Waals surface area contributed by atoms with Gasteiger partial charge in [-0.1, -0.05) is 6.07 Å². The molecule has 0 unspecified atom stereocenters. The lowest BCUT2D eigenvalue weighted by molar-refractivity contribution is -0.384. The molecule has 3 rings (SSSR count). The molecule has 0 saturated carbocycles. The number of nitro benzene ring substituents is 1. The maximum atomic E-state index is 12.6. The summed E-state index contributed by atoms with van der Waals surface area (Å²) in [4.78, 5) is 31.4. The van der Waals surface area contributed by atoms with E-state index in [1.165, 1.54) is 11.0 Å². The van der Waals surface area contributed by atoms with E-state index in [0.717, 1.165) is 31.6 Å². The molecule has 2 aromatic rings. The Morgan fingerprint density at radius 3 is 2.68 bits per heavy atom. The van der Waals surface area contributed by atoms with E-state index in [4.69, 9.17) is 0 Å². The van der Waals surface area contributed by atoms with Crippen LogP contribution in [0.1, 0.15) is 28.9 Å². The van der Waals surface area contributed by atoms with Gasteiger partial charge in [0.05, 0.1) is 17.2 Å². The third kappa shape index (κ3) is 3.76. The van der Waals surface area contributed by atoms with Crippen molar-refractivity contribution in [3.63, 3.8) is 0 Å². The highest BCUT2D eigenvalue weighted by atomic mass is 16.6. The number of hydrogen-bond acceptors (Lipinski definition) is 5. The van der Waals surface area contributed by atoms with Gasteiger partial charge >= 0.3 is 0 Å². The molecule has 1 aliphatic heterocycles. The number of nitrogens with zero attached hydrogens (tertiary/aromatic N) is 4. The number of nitro groups is 1. The number of aromatic nitrogens is 1. The van der Waals surface area contributed by atoms with Gasteiger partial charge in [-0.25, -0.2) is 0 Å². The van der Waals surface area contributed by atoms with Gasteiger partial charge in [0.1, 0.15) is 5.69 Å². The minimum absolute atomic E-state index is 0.0148. The molecule has 1 amide bonds. The Hall–Kier alpha value is -2.96. The van der Waals surface area contributed by atoms with Crippen LogP contribution in [-0.4, -0.2) is 40.9 Å². The van der Waals surface area contributed by atoms with Crippen LogP contribution in [0.25, 0.3) is 0 Å². The zero-order valence-electron chi connectivity index (χ0n) is 14.1. The minimum Gasteiger partial charge on any atom is -0.366 e. The zero-order chi connectivity index (χ0) is 17.8. The first-order valence-corrected chi connectivity index (χ1v) is 8.25. The van der Waals surface area contributed by atoms with Gasteiger partial charge in [0.2, 0.25) is 0 Å². The van der Waals surface area contributed by atoms with Crippen LogP contribution < -0.4 is 4.90 Å². The number of anilines is 1. The van der Waals surface area contributed by atoms with Crippen LogP contribution in [0.15, 0.2) is 42.6 Å². The summed E-state index contributed by atoms with van der Waals surface area (Å²) >= 11 is 0. The van der Waals surface area contributed by atoms with Crippen LogP contribution in [-0.2, 0) is 6.54 Å². The average molecular weight is 340 g/mol. The second-order valence-corrected chi connectivity index (χ2v) is 6.14. The molecule has 0 N–H and O–H groups in total. The summed E-state index contributed by atoms with van der Waals surface area (Å²) in [6.45, 7) is 1.97. The molecule has 2 heterocycles. The Kier molecular flexibility index (Phi) is 4.92. The summed E-state index contributed by atoms with van der Waals surface area (Å²) < 4.78 is 0. The second-order valence-electron chi connectivity index (χ2n) is 6.14. The molecule has 1 aromatic carbocycles. The molecule has 25 heavy (non-hydrogen) atoms. The van der Waals surface area contributed by atoms with Crippen molar-refractivity contribution in [3.05, 3.63) is 64.0 Å². The number of rotatable bonds is 5. The SMILES string of the molecule is CN(Cc1ccccn1)C(=O)c1ccc(N2CCCC2)c([N+](=O)[O-])c1. The fourth-order valence-corrected chi connectivity index (χ4v) is 3.05. The van der Waals surface area contributed by atoms with Gasteiger partial charge in [0, 0.05) is 38.0 Å². The third-order valence-corrected chi connectivity index (χ3v) is 4.34. The lowest BCUT2D eigenvalue weighted by Gasteiger charge is -2.19. The molecular weight excluding hydrogens is 320 g/mol. The lowest BCUT2D eigenvalue weighted by atomic mass is 10.1. The third-order valence-electron chi connectivity index (χ3n) is 4.34. The minimum atomic E-state index is -0.414. The fraction of sp³-hybridized carbons (Fsp3) is 0.333.